The molecule has 1 nitrogen and oxygen atoms in total. The van der Waals surface area contributed by atoms with E-state index >= 15 is 0 Å². The topological polar surface area (TPSA) is 20.2 Å². The summed E-state index contributed by atoms with van der Waals surface area (Å²) >= 11 is 4.68. The van der Waals surface area contributed by atoms with Gasteiger partial charge in [-0.2, -0.15) is 0 Å². The third-order valence-corrected chi connectivity index (χ3v) is 1.56. The van der Waals surface area contributed by atoms with Crippen LogP contribution in [0.1, 0.15) is 11.1 Å². The fourth-order valence-electron chi connectivity index (χ4n) is 0.768. The molecule has 1 N–H and O–H groups in total. The van der Waals surface area contributed by atoms with Crippen molar-refractivity contribution < 1.29 is 5.11 Å². The van der Waals surface area contributed by atoms with Gasteiger partial charge in [0.05, 0.1) is 0 Å². The van der Waals surface area contributed by atoms with Gasteiger partial charge in [-0.3, -0.25) is 0 Å². The molecule has 0 atom stereocenters. The molecule has 1 rings (SSSR count). The second-order valence-corrected chi connectivity index (χ2v) is 2.42. The predicted molar refractivity (Wildman–Crippen MR) is 45.6 cm³/mol. The zero-order valence-corrected chi connectivity index (χ0v) is 6.48. The molecule has 2 heteroatoms. The molecule has 0 unspecified atom stereocenters. The molecule has 0 bridgehead atoms. The molecule has 0 aliphatic heterocycles. The number of thiocarbonyl (C=S) groups is 1. The molecule has 1 aromatic carbocycles. The van der Waals surface area contributed by atoms with Crippen LogP contribution >= 0.6 is 12.2 Å². The molecule has 0 saturated carbocycles. The highest BCUT2D eigenvalue weighted by Crippen LogP contribution is 2.15. The normalized spacial score (nSPS) is 9.30. The Hall–Kier alpha value is -0.890. The molecule has 52 valence electrons. The molecular weight excluding hydrogens is 144 g/mol. The lowest BCUT2D eigenvalue weighted by Crippen LogP contribution is -1.80. The van der Waals surface area contributed by atoms with Crippen LogP contribution in [0.2, 0.25) is 0 Å². The summed E-state index contributed by atoms with van der Waals surface area (Å²) in [5.74, 6) is 0.251. The van der Waals surface area contributed by atoms with E-state index in [1.807, 2.05) is 19.1 Å². The highest BCUT2D eigenvalue weighted by atomic mass is 32.1. The van der Waals surface area contributed by atoms with Gasteiger partial charge in [-0.15, -0.1) is 0 Å². The Balaban J connectivity index is 3.21. The number of aryl methyl sites for hydroxylation is 1. The number of phenolic OH excluding ortho intramolecular Hbond substituents is 1. The second kappa shape index (κ2) is 2.80. The average Bonchev–Trinajstić information content (AvgIpc) is 1.94. The van der Waals surface area contributed by atoms with Crippen molar-refractivity contribution in [2.24, 2.45) is 0 Å². The summed E-state index contributed by atoms with van der Waals surface area (Å²) < 4.78 is 0. The Morgan fingerprint density at radius 2 is 2.20 bits per heavy atom. The van der Waals surface area contributed by atoms with Gasteiger partial charge in [0.25, 0.3) is 0 Å². The number of hydrogen-bond acceptors (Lipinski definition) is 2. The average molecular weight is 152 g/mol. The van der Waals surface area contributed by atoms with Gasteiger partial charge in [0.1, 0.15) is 5.75 Å². The van der Waals surface area contributed by atoms with Crippen molar-refractivity contribution in [3.05, 3.63) is 29.3 Å². The van der Waals surface area contributed by atoms with E-state index in [9.17, 15) is 0 Å². The number of aromatic hydroxyl groups is 1. The molecular formula is C8H8OS. The first-order valence-corrected chi connectivity index (χ1v) is 3.46. The molecule has 0 aliphatic carbocycles. The monoisotopic (exact) mass is 152 g/mol. The van der Waals surface area contributed by atoms with Crippen molar-refractivity contribution in [3.63, 3.8) is 0 Å². The minimum atomic E-state index is 0.251. The Morgan fingerprint density at radius 3 is 2.70 bits per heavy atom. The molecule has 0 spiro atoms. The molecule has 0 fully saturated rings. The predicted octanol–water partition coefficient (Wildman–Crippen LogP) is 2.05. The minimum absolute atomic E-state index is 0.251. The largest absolute Gasteiger partial charge is 0.507 e. The van der Waals surface area contributed by atoms with Crippen LogP contribution in [-0.2, 0) is 0 Å². The molecule has 10 heavy (non-hydrogen) atoms. The lowest BCUT2D eigenvalue weighted by molar-refractivity contribution is 0.474. The van der Waals surface area contributed by atoms with Gasteiger partial charge < -0.3 is 5.11 Å². The third kappa shape index (κ3) is 1.33. The zero-order chi connectivity index (χ0) is 7.56. The van der Waals surface area contributed by atoms with E-state index in [4.69, 9.17) is 5.11 Å². The molecule has 0 aromatic heterocycles. The second-order valence-electron chi connectivity index (χ2n) is 2.18. The van der Waals surface area contributed by atoms with E-state index in [-0.39, 0.29) is 5.75 Å². The summed E-state index contributed by atoms with van der Waals surface area (Å²) in [6, 6.07) is 5.34. The van der Waals surface area contributed by atoms with Crippen molar-refractivity contribution in [2.45, 2.75) is 6.92 Å². The summed E-state index contributed by atoms with van der Waals surface area (Å²) in [5, 5.41) is 10.6. The van der Waals surface area contributed by atoms with Crippen LogP contribution in [0.4, 0.5) is 0 Å². The van der Waals surface area contributed by atoms with E-state index in [2.05, 4.69) is 12.2 Å². The van der Waals surface area contributed by atoms with Crippen LogP contribution in [-0.4, -0.2) is 10.5 Å². The third-order valence-electron chi connectivity index (χ3n) is 1.31. The van der Waals surface area contributed by atoms with Gasteiger partial charge in [0.2, 0.25) is 0 Å². The number of benzene rings is 1. The lowest BCUT2D eigenvalue weighted by Gasteiger charge is -1.97. The fourth-order valence-corrected chi connectivity index (χ4v) is 0.957. The number of hydrogen-bond donors (Lipinski definition) is 1. The van der Waals surface area contributed by atoms with E-state index in [0.29, 0.717) is 0 Å². The molecule has 0 saturated heterocycles. The van der Waals surface area contributed by atoms with Crippen molar-refractivity contribution in [3.8, 4) is 5.75 Å². The molecule has 0 heterocycles. The maximum absolute atomic E-state index is 9.14. The molecule has 1 aromatic rings. The first-order valence-electron chi connectivity index (χ1n) is 2.99. The summed E-state index contributed by atoms with van der Waals surface area (Å²) in [6.45, 7) is 1.96. The van der Waals surface area contributed by atoms with Crippen LogP contribution in [0.5, 0.6) is 5.75 Å². The van der Waals surface area contributed by atoms with Gasteiger partial charge >= 0.3 is 0 Å². The maximum atomic E-state index is 9.14. The van der Waals surface area contributed by atoms with Crippen LogP contribution in [0.25, 0.3) is 0 Å². The van der Waals surface area contributed by atoms with Crippen LogP contribution in [0.3, 0.4) is 0 Å². The van der Waals surface area contributed by atoms with Crippen molar-refractivity contribution in [2.75, 3.05) is 0 Å². The van der Waals surface area contributed by atoms with Crippen LogP contribution < -0.4 is 0 Å². The van der Waals surface area contributed by atoms with Crippen molar-refractivity contribution in [1.82, 2.24) is 0 Å². The molecule has 0 aliphatic rings. The van der Waals surface area contributed by atoms with Gasteiger partial charge in [-0.05, 0) is 19.1 Å². The van der Waals surface area contributed by atoms with E-state index in [1.54, 1.807) is 6.07 Å². The summed E-state index contributed by atoms with van der Waals surface area (Å²) in [6.07, 6.45) is 0. The SMILES string of the molecule is Cc1ccc(O)c(C=S)c1. The van der Waals surface area contributed by atoms with Crippen molar-refractivity contribution >= 4 is 17.6 Å². The lowest BCUT2D eigenvalue weighted by atomic mass is 10.1. The summed E-state index contributed by atoms with van der Waals surface area (Å²) in [5.41, 5.74) is 1.82. The summed E-state index contributed by atoms with van der Waals surface area (Å²) in [7, 11) is 0. The van der Waals surface area contributed by atoms with Gasteiger partial charge in [-0.1, -0.05) is 23.8 Å². The molecule has 0 amide bonds. The molecule has 0 radical (unpaired) electrons. The Morgan fingerprint density at radius 1 is 1.50 bits per heavy atom. The zero-order valence-electron chi connectivity index (χ0n) is 5.66. The Kier molecular flexibility index (Phi) is 2.02. The quantitative estimate of drug-likeness (QED) is 0.621. The Labute approximate surface area is 65.3 Å². The first-order chi connectivity index (χ1) is 4.74. The number of phenols is 1. The fraction of sp³-hybridized carbons (Fsp3) is 0.125. The number of rotatable bonds is 1. The first kappa shape index (κ1) is 7.22. The minimum Gasteiger partial charge on any atom is -0.507 e. The van der Waals surface area contributed by atoms with Crippen molar-refractivity contribution in [1.29, 1.82) is 0 Å². The van der Waals surface area contributed by atoms with E-state index in [1.165, 1.54) is 5.37 Å². The van der Waals surface area contributed by atoms with Gasteiger partial charge in [-0.25, -0.2) is 0 Å². The Bertz CT molecular complexity index is 255. The maximum Gasteiger partial charge on any atom is 0.123 e. The standard InChI is InChI=1S/C8H8OS/c1-6-2-3-8(9)7(4-6)5-10/h2-5,9H,1H3. The smallest absolute Gasteiger partial charge is 0.123 e. The van der Waals surface area contributed by atoms with Gasteiger partial charge in [0, 0.05) is 10.9 Å². The highest BCUT2D eigenvalue weighted by molar-refractivity contribution is 7.79. The van der Waals surface area contributed by atoms with Crippen LogP contribution in [0, 0.1) is 6.92 Å². The summed E-state index contributed by atoms with van der Waals surface area (Å²) in [4.78, 5) is 0. The van der Waals surface area contributed by atoms with Gasteiger partial charge in [0.15, 0.2) is 0 Å². The van der Waals surface area contributed by atoms with Crippen LogP contribution in [0.15, 0.2) is 18.2 Å². The highest BCUT2D eigenvalue weighted by Gasteiger charge is 1.94. The van der Waals surface area contributed by atoms with E-state index in [0.717, 1.165) is 11.1 Å². The van der Waals surface area contributed by atoms with E-state index < -0.39 is 0 Å².